The van der Waals surface area contributed by atoms with E-state index in [0.29, 0.717) is 0 Å². The number of fused-ring (bicyclic) bond motifs is 2. The Morgan fingerprint density at radius 1 is 1.13 bits per heavy atom. The summed E-state index contributed by atoms with van der Waals surface area (Å²) in [6.45, 7) is 0.819. The zero-order valence-electron chi connectivity index (χ0n) is 8.96. The molecule has 15 heavy (non-hydrogen) atoms. The van der Waals surface area contributed by atoms with Crippen molar-refractivity contribution >= 4 is 0 Å². The molecule has 1 aromatic rings. The maximum atomic E-state index is 6.16. The zero-order chi connectivity index (χ0) is 10.3. The van der Waals surface area contributed by atoms with Crippen LogP contribution in [-0.4, -0.2) is 6.61 Å². The van der Waals surface area contributed by atoms with Crippen LogP contribution in [-0.2, 0) is 12.8 Å². The van der Waals surface area contributed by atoms with E-state index in [0.717, 1.165) is 25.2 Å². The molecule has 3 rings (SSSR count). The van der Waals surface area contributed by atoms with Gasteiger partial charge in [0.2, 0.25) is 0 Å². The van der Waals surface area contributed by atoms with E-state index in [1.165, 1.54) is 36.0 Å². The summed E-state index contributed by atoms with van der Waals surface area (Å²) in [5.41, 5.74) is 10.4. The molecule has 1 aliphatic heterocycles. The number of benzene rings is 1. The molecule has 0 amide bonds. The van der Waals surface area contributed by atoms with Crippen molar-refractivity contribution in [1.29, 1.82) is 0 Å². The van der Waals surface area contributed by atoms with E-state index in [4.69, 9.17) is 10.5 Å². The third kappa shape index (κ3) is 1.53. The molecule has 1 aromatic carbocycles. The molecule has 0 radical (unpaired) electrons. The molecule has 2 aliphatic rings. The maximum Gasteiger partial charge on any atom is 0.124 e. The fraction of sp³-hybridized carbons (Fsp3) is 0.538. The summed E-state index contributed by atoms with van der Waals surface area (Å²) in [4.78, 5) is 0. The molecule has 0 unspecified atom stereocenters. The lowest BCUT2D eigenvalue weighted by Crippen LogP contribution is -2.09. The van der Waals surface area contributed by atoms with Gasteiger partial charge in [-0.3, -0.25) is 0 Å². The summed E-state index contributed by atoms with van der Waals surface area (Å²) in [7, 11) is 0. The van der Waals surface area contributed by atoms with Gasteiger partial charge in [0, 0.05) is 11.6 Å². The summed E-state index contributed by atoms with van der Waals surface area (Å²) in [6.07, 6.45) is 5.83. The molecular weight excluding hydrogens is 186 g/mol. The Labute approximate surface area is 90.4 Å². The van der Waals surface area contributed by atoms with Crippen molar-refractivity contribution < 1.29 is 4.74 Å². The Morgan fingerprint density at radius 3 is 2.80 bits per heavy atom. The second kappa shape index (κ2) is 3.53. The molecule has 2 N–H and O–H groups in total. The number of hydrogen-bond acceptors (Lipinski definition) is 2. The van der Waals surface area contributed by atoms with Crippen LogP contribution in [0.3, 0.4) is 0 Å². The molecule has 1 aliphatic carbocycles. The zero-order valence-corrected chi connectivity index (χ0v) is 8.96. The SMILES string of the molecule is N[C@H]1CCCOc2cc3c(cc21)CCC3. The molecule has 0 bridgehead atoms. The second-order valence-electron chi connectivity index (χ2n) is 4.61. The van der Waals surface area contributed by atoms with Gasteiger partial charge in [-0.2, -0.15) is 0 Å². The van der Waals surface area contributed by atoms with Crippen LogP contribution >= 0.6 is 0 Å². The first-order chi connectivity index (χ1) is 7.34. The van der Waals surface area contributed by atoms with E-state index in [-0.39, 0.29) is 6.04 Å². The van der Waals surface area contributed by atoms with Crippen LogP contribution in [0.25, 0.3) is 0 Å². The van der Waals surface area contributed by atoms with Crippen LogP contribution < -0.4 is 10.5 Å². The minimum absolute atomic E-state index is 0.174. The largest absolute Gasteiger partial charge is 0.493 e. The summed E-state index contributed by atoms with van der Waals surface area (Å²) >= 11 is 0. The Hall–Kier alpha value is -1.02. The molecule has 0 aromatic heterocycles. The fourth-order valence-corrected chi connectivity index (χ4v) is 2.68. The van der Waals surface area contributed by atoms with Crippen LogP contribution in [0.4, 0.5) is 0 Å². The average molecular weight is 203 g/mol. The van der Waals surface area contributed by atoms with Crippen LogP contribution in [0.2, 0.25) is 0 Å². The van der Waals surface area contributed by atoms with Crippen LogP contribution in [0.5, 0.6) is 5.75 Å². The predicted molar refractivity (Wildman–Crippen MR) is 60.1 cm³/mol. The molecule has 2 nitrogen and oxygen atoms in total. The number of ether oxygens (including phenoxy) is 1. The summed E-state index contributed by atoms with van der Waals surface area (Å²) in [6, 6.07) is 4.68. The van der Waals surface area contributed by atoms with Gasteiger partial charge in [0.1, 0.15) is 5.75 Å². The minimum atomic E-state index is 0.174. The van der Waals surface area contributed by atoms with E-state index in [1.807, 2.05) is 0 Å². The lowest BCUT2D eigenvalue weighted by atomic mass is 9.98. The second-order valence-corrected chi connectivity index (χ2v) is 4.61. The lowest BCUT2D eigenvalue weighted by molar-refractivity contribution is 0.316. The first-order valence-electron chi connectivity index (χ1n) is 5.88. The molecular formula is C13H17NO. The molecule has 0 spiro atoms. The summed E-state index contributed by atoms with van der Waals surface area (Å²) in [5, 5.41) is 0. The number of nitrogens with two attached hydrogens (primary N) is 1. The average Bonchev–Trinajstić information content (AvgIpc) is 2.62. The molecule has 0 saturated carbocycles. The lowest BCUT2D eigenvalue weighted by Gasteiger charge is -2.14. The Morgan fingerprint density at radius 2 is 1.93 bits per heavy atom. The van der Waals surface area contributed by atoms with Crippen molar-refractivity contribution in [2.45, 2.75) is 38.1 Å². The normalized spacial score (nSPS) is 23.9. The minimum Gasteiger partial charge on any atom is -0.493 e. The van der Waals surface area contributed by atoms with Gasteiger partial charge in [-0.15, -0.1) is 0 Å². The van der Waals surface area contributed by atoms with Gasteiger partial charge < -0.3 is 10.5 Å². The van der Waals surface area contributed by atoms with Gasteiger partial charge in [0.05, 0.1) is 6.61 Å². The third-order valence-electron chi connectivity index (χ3n) is 3.54. The fourth-order valence-electron chi connectivity index (χ4n) is 2.68. The van der Waals surface area contributed by atoms with Gasteiger partial charge in [-0.25, -0.2) is 0 Å². The van der Waals surface area contributed by atoms with Gasteiger partial charge >= 0.3 is 0 Å². The first-order valence-corrected chi connectivity index (χ1v) is 5.88. The number of rotatable bonds is 0. The van der Waals surface area contributed by atoms with Crippen molar-refractivity contribution in [3.05, 3.63) is 28.8 Å². The van der Waals surface area contributed by atoms with Gasteiger partial charge in [-0.1, -0.05) is 6.07 Å². The van der Waals surface area contributed by atoms with Crippen molar-refractivity contribution in [2.24, 2.45) is 5.73 Å². The number of aryl methyl sites for hydroxylation is 2. The topological polar surface area (TPSA) is 35.2 Å². The van der Waals surface area contributed by atoms with E-state index in [2.05, 4.69) is 12.1 Å². The maximum absolute atomic E-state index is 6.16. The van der Waals surface area contributed by atoms with Crippen LogP contribution in [0, 0.1) is 0 Å². The smallest absolute Gasteiger partial charge is 0.124 e. The molecule has 0 fully saturated rings. The molecule has 0 saturated heterocycles. The van der Waals surface area contributed by atoms with E-state index in [9.17, 15) is 0 Å². The van der Waals surface area contributed by atoms with Crippen LogP contribution in [0.15, 0.2) is 12.1 Å². The highest BCUT2D eigenvalue weighted by Gasteiger charge is 2.20. The van der Waals surface area contributed by atoms with Crippen molar-refractivity contribution in [1.82, 2.24) is 0 Å². The quantitative estimate of drug-likeness (QED) is 0.702. The first kappa shape index (κ1) is 9.22. The highest BCUT2D eigenvalue weighted by molar-refractivity contribution is 5.46. The Kier molecular flexibility index (Phi) is 2.17. The number of hydrogen-bond donors (Lipinski definition) is 1. The molecule has 80 valence electrons. The summed E-state index contributed by atoms with van der Waals surface area (Å²) in [5.74, 6) is 1.04. The van der Waals surface area contributed by atoms with Crippen LogP contribution in [0.1, 0.15) is 42.0 Å². The van der Waals surface area contributed by atoms with Gasteiger partial charge in [0.25, 0.3) is 0 Å². The van der Waals surface area contributed by atoms with Gasteiger partial charge in [-0.05, 0) is 49.3 Å². The Balaban J connectivity index is 2.09. The third-order valence-corrected chi connectivity index (χ3v) is 3.54. The standard InChI is InChI=1S/C13H17NO/c14-12-5-2-6-15-13-8-10-4-1-3-9(10)7-11(12)13/h7-8,12H,1-6,14H2/t12-/m0/s1. The molecule has 1 atom stereocenters. The van der Waals surface area contributed by atoms with E-state index in [1.54, 1.807) is 0 Å². The van der Waals surface area contributed by atoms with Crippen molar-refractivity contribution in [3.63, 3.8) is 0 Å². The van der Waals surface area contributed by atoms with Crippen molar-refractivity contribution in [2.75, 3.05) is 6.61 Å². The highest BCUT2D eigenvalue weighted by Crippen LogP contribution is 2.35. The van der Waals surface area contributed by atoms with Gasteiger partial charge in [0.15, 0.2) is 0 Å². The molecule has 2 heteroatoms. The molecule has 1 heterocycles. The summed E-state index contributed by atoms with van der Waals surface area (Å²) < 4.78 is 5.76. The monoisotopic (exact) mass is 203 g/mol. The predicted octanol–water partition coefficient (Wildman–Crippen LogP) is 2.35. The van der Waals surface area contributed by atoms with E-state index < -0.39 is 0 Å². The highest BCUT2D eigenvalue weighted by atomic mass is 16.5. The van der Waals surface area contributed by atoms with E-state index >= 15 is 0 Å². The van der Waals surface area contributed by atoms with Crippen molar-refractivity contribution in [3.8, 4) is 5.75 Å². The Bertz CT molecular complexity index is 386.